The molecular weight excluding hydrogens is 408 g/mol. The lowest BCUT2D eigenvalue weighted by molar-refractivity contribution is 1.31. The van der Waals surface area contributed by atoms with Crippen molar-refractivity contribution in [2.24, 2.45) is 15.0 Å². The first kappa shape index (κ1) is 17.9. The van der Waals surface area contributed by atoms with Gasteiger partial charge in [0.15, 0.2) is 0 Å². The highest BCUT2D eigenvalue weighted by molar-refractivity contribution is 6.12. The fourth-order valence-electron chi connectivity index (χ4n) is 4.24. The maximum atomic E-state index is 4.77. The molecule has 6 nitrogen and oxygen atoms in total. The fourth-order valence-corrected chi connectivity index (χ4v) is 4.24. The summed E-state index contributed by atoms with van der Waals surface area (Å²) in [5, 5.41) is 0. The van der Waals surface area contributed by atoms with Crippen LogP contribution < -0.4 is 0 Å². The number of allylic oxidation sites excluding steroid dienone is 6. The van der Waals surface area contributed by atoms with Gasteiger partial charge in [0.2, 0.25) is 0 Å². The molecule has 3 aromatic heterocycles. The Morgan fingerprint density at radius 2 is 0.727 bits per heavy atom. The fraction of sp³-hybridized carbons (Fsp3) is 0. The third-order valence-electron chi connectivity index (χ3n) is 5.85. The van der Waals surface area contributed by atoms with Crippen LogP contribution in [-0.4, -0.2) is 32.1 Å². The van der Waals surface area contributed by atoms with Crippen LogP contribution in [-0.2, 0) is 0 Å². The van der Waals surface area contributed by atoms with E-state index in [-0.39, 0.29) is 0 Å². The van der Waals surface area contributed by atoms with Crippen molar-refractivity contribution in [1.82, 2.24) is 15.0 Å². The van der Waals surface area contributed by atoms with Gasteiger partial charge in [-0.2, -0.15) is 0 Å². The molecule has 7 heterocycles. The van der Waals surface area contributed by atoms with Crippen molar-refractivity contribution >= 4 is 35.4 Å². The number of H-pyrrole nitrogens is 3. The summed E-state index contributed by atoms with van der Waals surface area (Å²) < 4.78 is 0. The quantitative estimate of drug-likeness (QED) is 0.442. The topological polar surface area (TPSA) is 84.5 Å². The molecule has 0 fully saturated rings. The zero-order valence-corrected chi connectivity index (χ0v) is 17.5. The average molecular weight is 426 g/mol. The van der Waals surface area contributed by atoms with Gasteiger partial charge in [-0.15, -0.1) is 0 Å². The zero-order valence-electron chi connectivity index (χ0n) is 17.5. The lowest BCUT2D eigenvalue weighted by Crippen LogP contribution is -1.94. The monoisotopic (exact) mass is 426 g/mol. The van der Waals surface area contributed by atoms with Gasteiger partial charge in [-0.05, 0) is 91.1 Å². The molecule has 0 unspecified atom stereocenters. The molecule has 0 aliphatic carbocycles. The van der Waals surface area contributed by atoms with Crippen LogP contribution in [0.3, 0.4) is 0 Å². The number of hydrogen-bond donors (Lipinski definition) is 3. The second-order valence-corrected chi connectivity index (χ2v) is 8.18. The Balaban J connectivity index is 1.35. The molecule has 0 amide bonds. The van der Waals surface area contributed by atoms with Crippen LogP contribution in [0.2, 0.25) is 0 Å². The molecular formula is C27H18N6. The molecule has 3 aromatic rings. The van der Waals surface area contributed by atoms with Crippen LogP contribution in [0.25, 0.3) is 18.2 Å². The van der Waals surface area contributed by atoms with E-state index in [9.17, 15) is 0 Å². The highest BCUT2D eigenvalue weighted by Gasteiger charge is 2.14. The first-order valence-electron chi connectivity index (χ1n) is 10.8. The van der Waals surface area contributed by atoms with Crippen LogP contribution in [0.4, 0.5) is 0 Å². The molecule has 0 spiro atoms. The predicted molar refractivity (Wildman–Crippen MR) is 133 cm³/mol. The number of aromatic amines is 3. The van der Waals surface area contributed by atoms with E-state index < -0.39 is 0 Å². The largest absolute Gasteiger partial charge is 0.354 e. The third-order valence-corrected chi connectivity index (χ3v) is 5.85. The van der Waals surface area contributed by atoms with Crippen molar-refractivity contribution in [1.29, 1.82) is 0 Å². The standard InChI is InChI=1S/C27H18N6/c1-7-22-23-8-3-18(30-23)14-19-5-11-26(32-19)27-12-6-21(33-27)15-20-4-10-25(31-20)24-9-2-17(29-24)13-16(1)28-22/h1-15,28,31-32H/b16-13?,17-13-,18-14-,19-14?,20-15?,21-15-,23-22?,25-24?,27-26?. The van der Waals surface area contributed by atoms with Crippen LogP contribution in [0.15, 0.2) is 105 Å². The van der Waals surface area contributed by atoms with Crippen molar-refractivity contribution in [3.05, 3.63) is 124 Å². The number of hydrogen-bond acceptors (Lipinski definition) is 3. The molecule has 0 atom stereocenters. The molecule has 156 valence electrons. The van der Waals surface area contributed by atoms with Crippen LogP contribution >= 0.6 is 0 Å². The predicted octanol–water partition coefficient (Wildman–Crippen LogP) is 5.18. The Morgan fingerprint density at radius 3 is 1.06 bits per heavy atom. The molecule has 4 aliphatic rings. The van der Waals surface area contributed by atoms with Crippen LogP contribution in [0.1, 0.15) is 34.2 Å². The minimum atomic E-state index is 0.901. The molecule has 4 aliphatic heterocycles. The first-order chi connectivity index (χ1) is 16.2. The maximum Gasteiger partial charge on any atom is 0.0872 e. The minimum absolute atomic E-state index is 0.901. The van der Waals surface area contributed by atoms with E-state index in [4.69, 9.17) is 15.0 Å². The zero-order chi connectivity index (χ0) is 21.8. The SMILES string of the molecule is C1=C/C2=C/c3ccc([nH]3)C3=N/C(=C\c4ccc([nH]4)C4=N/C(=C\c5ccc([nH]5)C1=N2)C=C4)C=C3. The molecule has 3 N–H and O–H groups in total. The Labute approximate surface area is 189 Å². The maximum absolute atomic E-state index is 4.77. The molecule has 12 bridgehead atoms. The van der Waals surface area contributed by atoms with Gasteiger partial charge in [-0.25, -0.2) is 15.0 Å². The van der Waals surface area contributed by atoms with Gasteiger partial charge < -0.3 is 15.0 Å². The van der Waals surface area contributed by atoms with Gasteiger partial charge in [-0.1, -0.05) is 0 Å². The number of fused-ring (bicyclic) bond motifs is 12. The van der Waals surface area contributed by atoms with E-state index in [1.807, 2.05) is 91.1 Å². The third kappa shape index (κ3) is 3.25. The summed E-state index contributed by atoms with van der Waals surface area (Å²) in [6.45, 7) is 0. The lowest BCUT2D eigenvalue weighted by Gasteiger charge is -1.95. The van der Waals surface area contributed by atoms with Crippen molar-refractivity contribution < 1.29 is 0 Å². The number of rotatable bonds is 0. The Bertz CT molecular complexity index is 1410. The van der Waals surface area contributed by atoms with E-state index >= 15 is 0 Å². The van der Waals surface area contributed by atoms with E-state index in [1.165, 1.54) is 0 Å². The highest BCUT2D eigenvalue weighted by atomic mass is 14.9. The van der Waals surface area contributed by atoms with Crippen molar-refractivity contribution in [2.75, 3.05) is 0 Å². The second kappa shape index (κ2) is 6.90. The van der Waals surface area contributed by atoms with E-state index in [1.54, 1.807) is 0 Å². The number of nitrogens with zero attached hydrogens (tertiary/aromatic N) is 3. The number of aromatic nitrogens is 3. The number of nitrogens with one attached hydrogen (secondary N) is 3. The van der Waals surface area contributed by atoms with Crippen molar-refractivity contribution in [2.45, 2.75) is 0 Å². The van der Waals surface area contributed by atoms with Crippen molar-refractivity contribution in [3.8, 4) is 0 Å². The Kier molecular flexibility index (Phi) is 3.75. The van der Waals surface area contributed by atoms with Crippen LogP contribution in [0.5, 0.6) is 0 Å². The average Bonchev–Trinajstić information content (AvgIpc) is 3.62. The molecule has 0 radical (unpaired) electrons. The number of aliphatic imine (C=N–C) groups is 3. The first-order valence-corrected chi connectivity index (χ1v) is 10.8. The summed E-state index contributed by atoms with van der Waals surface area (Å²) in [5.74, 6) is 0. The van der Waals surface area contributed by atoms with Gasteiger partial charge in [0, 0.05) is 17.1 Å². The van der Waals surface area contributed by atoms with Gasteiger partial charge in [0.05, 0.1) is 51.3 Å². The van der Waals surface area contributed by atoms with E-state index in [0.717, 1.165) is 68.4 Å². The lowest BCUT2D eigenvalue weighted by atomic mass is 10.2. The summed E-state index contributed by atoms with van der Waals surface area (Å²) in [5.41, 5.74) is 11.3. The normalized spacial score (nSPS) is 22.5. The second-order valence-electron chi connectivity index (χ2n) is 8.18. The summed E-state index contributed by atoms with van der Waals surface area (Å²) in [6.07, 6.45) is 18.3. The van der Waals surface area contributed by atoms with E-state index in [0.29, 0.717) is 0 Å². The Morgan fingerprint density at radius 1 is 0.394 bits per heavy atom. The summed E-state index contributed by atoms with van der Waals surface area (Å²) in [4.78, 5) is 24.6. The van der Waals surface area contributed by atoms with Gasteiger partial charge in [0.1, 0.15) is 0 Å². The molecule has 6 heteroatoms. The molecule has 7 rings (SSSR count). The van der Waals surface area contributed by atoms with Gasteiger partial charge in [0.25, 0.3) is 0 Å². The Hall–Kier alpha value is -4.71. The molecule has 0 saturated heterocycles. The van der Waals surface area contributed by atoms with E-state index in [2.05, 4.69) is 15.0 Å². The highest BCUT2D eigenvalue weighted by Crippen LogP contribution is 2.23. The van der Waals surface area contributed by atoms with Crippen LogP contribution in [0, 0.1) is 0 Å². The summed E-state index contributed by atoms with van der Waals surface area (Å²) >= 11 is 0. The smallest absolute Gasteiger partial charge is 0.0872 e. The minimum Gasteiger partial charge on any atom is -0.354 e. The summed E-state index contributed by atoms with van der Waals surface area (Å²) in [6, 6.07) is 12.3. The summed E-state index contributed by atoms with van der Waals surface area (Å²) in [7, 11) is 0. The van der Waals surface area contributed by atoms with Gasteiger partial charge in [-0.3, -0.25) is 0 Å². The van der Waals surface area contributed by atoms with Crippen molar-refractivity contribution in [3.63, 3.8) is 0 Å². The molecule has 0 aromatic carbocycles. The molecule has 33 heavy (non-hydrogen) atoms. The van der Waals surface area contributed by atoms with Gasteiger partial charge >= 0.3 is 0 Å². The molecule has 0 saturated carbocycles.